The first-order valence-electron chi connectivity index (χ1n) is 8.56. The summed E-state index contributed by atoms with van der Waals surface area (Å²) in [5.74, 6) is 0.754. The number of carbonyl (C=O) groups excluding carboxylic acids is 1. The molecule has 0 radical (unpaired) electrons. The van der Waals surface area contributed by atoms with Crippen LogP contribution in [0.5, 0.6) is 5.75 Å². The minimum absolute atomic E-state index is 0.00925. The lowest BCUT2D eigenvalue weighted by Gasteiger charge is -2.37. The van der Waals surface area contributed by atoms with E-state index in [0.717, 1.165) is 29.8 Å². The maximum Gasteiger partial charge on any atom is 0.229 e. The topological polar surface area (TPSA) is 67.6 Å². The first-order valence-corrected chi connectivity index (χ1v) is 8.56. The van der Waals surface area contributed by atoms with Gasteiger partial charge in [0.05, 0.1) is 25.3 Å². The third kappa shape index (κ3) is 3.54. The van der Waals surface area contributed by atoms with E-state index in [1.165, 1.54) is 0 Å². The zero-order chi connectivity index (χ0) is 18.0. The number of nitrogens with zero attached hydrogens (tertiary/aromatic N) is 3. The van der Waals surface area contributed by atoms with Crippen molar-refractivity contribution in [3.05, 3.63) is 47.8 Å². The van der Waals surface area contributed by atoms with Crippen LogP contribution >= 0.6 is 0 Å². The third-order valence-corrected chi connectivity index (χ3v) is 5.00. The Morgan fingerprint density at radius 1 is 1.36 bits per heavy atom. The van der Waals surface area contributed by atoms with Crippen LogP contribution in [0.25, 0.3) is 0 Å². The zero-order valence-corrected chi connectivity index (χ0v) is 15.0. The summed E-state index contributed by atoms with van der Waals surface area (Å²) in [4.78, 5) is 14.6. The van der Waals surface area contributed by atoms with E-state index in [-0.39, 0.29) is 18.4 Å². The minimum atomic E-state index is -1.11. The Morgan fingerprint density at radius 2 is 2.08 bits per heavy atom. The Labute approximate surface area is 148 Å². The first kappa shape index (κ1) is 17.5. The summed E-state index contributed by atoms with van der Waals surface area (Å²) in [5, 5.41) is 15.5. The molecule has 0 aliphatic carbocycles. The number of amides is 1. The molecule has 134 valence electrons. The quantitative estimate of drug-likeness (QED) is 0.900. The Kier molecular flexibility index (Phi) is 4.81. The van der Waals surface area contributed by atoms with Crippen molar-refractivity contribution >= 4 is 5.91 Å². The van der Waals surface area contributed by atoms with Crippen molar-refractivity contribution in [2.45, 2.75) is 37.8 Å². The van der Waals surface area contributed by atoms with Gasteiger partial charge in [-0.05, 0) is 43.5 Å². The molecule has 0 unspecified atom stereocenters. The average molecular weight is 343 g/mol. The number of hydrogen-bond acceptors (Lipinski definition) is 4. The van der Waals surface area contributed by atoms with Crippen molar-refractivity contribution in [2.75, 3.05) is 13.7 Å². The fourth-order valence-electron chi connectivity index (χ4n) is 3.58. The largest absolute Gasteiger partial charge is 0.497 e. The zero-order valence-electron chi connectivity index (χ0n) is 15.0. The highest BCUT2D eigenvalue weighted by atomic mass is 16.5. The molecule has 25 heavy (non-hydrogen) atoms. The van der Waals surface area contributed by atoms with E-state index in [4.69, 9.17) is 4.74 Å². The highest BCUT2D eigenvalue weighted by Crippen LogP contribution is 2.35. The number of methoxy groups -OCH3 is 1. The molecule has 1 aliphatic rings. The Hall–Kier alpha value is -2.34. The second-order valence-corrected chi connectivity index (χ2v) is 6.78. The van der Waals surface area contributed by atoms with Gasteiger partial charge in [0.1, 0.15) is 11.4 Å². The lowest BCUT2D eigenvalue weighted by Crippen LogP contribution is -2.48. The van der Waals surface area contributed by atoms with Gasteiger partial charge >= 0.3 is 0 Å². The molecule has 2 atom stereocenters. The van der Waals surface area contributed by atoms with Crippen LogP contribution in [0.4, 0.5) is 0 Å². The molecule has 1 N–H and O–H groups in total. The lowest BCUT2D eigenvalue weighted by atomic mass is 9.86. The van der Waals surface area contributed by atoms with Gasteiger partial charge in [-0.15, -0.1) is 0 Å². The van der Waals surface area contributed by atoms with Gasteiger partial charge in [-0.3, -0.25) is 9.48 Å². The Bertz CT molecular complexity index is 737. The van der Waals surface area contributed by atoms with Gasteiger partial charge in [0, 0.05) is 19.8 Å². The number of aromatic nitrogens is 2. The van der Waals surface area contributed by atoms with Crippen LogP contribution in [0.15, 0.2) is 36.5 Å². The predicted molar refractivity (Wildman–Crippen MR) is 94.2 cm³/mol. The third-order valence-electron chi connectivity index (χ3n) is 5.00. The van der Waals surface area contributed by atoms with Crippen LogP contribution in [0.1, 0.15) is 31.0 Å². The summed E-state index contributed by atoms with van der Waals surface area (Å²) in [7, 11) is 3.45. The fourth-order valence-corrected chi connectivity index (χ4v) is 3.58. The normalized spacial score (nSPS) is 19.7. The first-order chi connectivity index (χ1) is 11.9. The van der Waals surface area contributed by atoms with E-state index >= 15 is 0 Å². The second-order valence-electron chi connectivity index (χ2n) is 6.78. The molecule has 2 heterocycles. The molecule has 0 saturated carbocycles. The molecule has 1 aliphatic heterocycles. The Balaban J connectivity index is 1.77. The van der Waals surface area contributed by atoms with Crippen LogP contribution in [0.2, 0.25) is 0 Å². The maximum absolute atomic E-state index is 12.8. The van der Waals surface area contributed by atoms with Gasteiger partial charge in [0.15, 0.2) is 0 Å². The number of likely N-dealkylation sites (tertiary alicyclic amines) is 1. The molecule has 2 aromatic rings. The van der Waals surface area contributed by atoms with Crippen LogP contribution in [-0.4, -0.2) is 45.4 Å². The van der Waals surface area contributed by atoms with Gasteiger partial charge in [-0.2, -0.15) is 5.10 Å². The molecule has 1 saturated heterocycles. The van der Waals surface area contributed by atoms with Crippen molar-refractivity contribution in [1.29, 1.82) is 0 Å². The van der Waals surface area contributed by atoms with Gasteiger partial charge in [-0.25, -0.2) is 0 Å². The van der Waals surface area contributed by atoms with Gasteiger partial charge in [-0.1, -0.05) is 12.1 Å². The maximum atomic E-state index is 12.8. The van der Waals surface area contributed by atoms with Crippen molar-refractivity contribution in [3.63, 3.8) is 0 Å². The molecule has 1 fully saturated rings. The van der Waals surface area contributed by atoms with E-state index in [1.807, 2.05) is 43.6 Å². The monoisotopic (exact) mass is 343 g/mol. The van der Waals surface area contributed by atoms with Crippen molar-refractivity contribution in [1.82, 2.24) is 14.7 Å². The van der Waals surface area contributed by atoms with Gasteiger partial charge < -0.3 is 14.7 Å². The van der Waals surface area contributed by atoms with Crippen molar-refractivity contribution in [2.24, 2.45) is 7.05 Å². The molecule has 6 nitrogen and oxygen atoms in total. The predicted octanol–water partition coefficient (Wildman–Crippen LogP) is 1.87. The summed E-state index contributed by atoms with van der Waals surface area (Å²) in [6.45, 7) is 2.45. The van der Waals surface area contributed by atoms with Crippen LogP contribution in [0.3, 0.4) is 0 Å². The molecule has 1 aromatic heterocycles. The number of carbonyl (C=O) groups is 1. The average Bonchev–Trinajstić information content (AvgIpc) is 3.24. The number of ether oxygens (including phenoxy) is 1. The summed E-state index contributed by atoms with van der Waals surface area (Å²) < 4.78 is 6.87. The molecule has 1 aromatic carbocycles. The number of rotatable bonds is 5. The van der Waals surface area contributed by atoms with Gasteiger partial charge in [0.25, 0.3) is 0 Å². The molecule has 0 spiro atoms. The highest BCUT2D eigenvalue weighted by molar-refractivity contribution is 5.79. The molecule has 6 heteroatoms. The molecule has 3 rings (SSSR count). The number of hydrogen-bond donors (Lipinski definition) is 1. The van der Waals surface area contributed by atoms with Gasteiger partial charge in [0.2, 0.25) is 5.91 Å². The number of aliphatic hydroxyl groups is 1. The molecular formula is C19H25N3O3. The van der Waals surface area contributed by atoms with Crippen LogP contribution in [0, 0.1) is 0 Å². The van der Waals surface area contributed by atoms with E-state index in [2.05, 4.69) is 5.10 Å². The molecular weight excluding hydrogens is 318 g/mol. The standard InChI is InChI=1S/C19H25N3O3/c1-19(24,14-6-8-16(25-3)9-7-14)17-5-4-11-22(17)18(23)13-15-10-12-21(2)20-15/h6-10,12,17,24H,4-5,11,13H2,1-3H3/t17-,19-/m1/s1. The second kappa shape index (κ2) is 6.88. The summed E-state index contributed by atoms with van der Waals surface area (Å²) in [5.41, 5.74) is 0.431. The number of aryl methyl sites for hydroxylation is 1. The van der Waals surface area contributed by atoms with E-state index < -0.39 is 5.60 Å². The van der Waals surface area contributed by atoms with E-state index in [0.29, 0.717) is 6.54 Å². The highest BCUT2D eigenvalue weighted by Gasteiger charge is 2.42. The number of benzene rings is 1. The molecule has 0 bridgehead atoms. The summed E-state index contributed by atoms with van der Waals surface area (Å²) in [6.07, 6.45) is 3.77. The fraction of sp³-hybridized carbons (Fsp3) is 0.474. The van der Waals surface area contributed by atoms with Crippen molar-refractivity contribution < 1.29 is 14.6 Å². The summed E-state index contributed by atoms with van der Waals surface area (Å²) >= 11 is 0. The van der Waals surface area contributed by atoms with E-state index in [1.54, 1.807) is 23.6 Å². The van der Waals surface area contributed by atoms with Crippen LogP contribution in [-0.2, 0) is 23.9 Å². The smallest absolute Gasteiger partial charge is 0.229 e. The van der Waals surface area contributed by atoms with Crippen LogP contribution < -0.4 is 4.74 Å². The SMILES string of the molecule is COc1ccc([C@@](C)(O)[C@H]2CCCN2C(=O)Cc2ccn(C)n2)cc1. The minimum Gasteiger partial charge on any atom is -0.497 e. The molecule has 1 amide bonds. The lowest BCUT2D eigenvalue weighted by molar-refractivity contribution is -0.137. The van der Waals surface area contributed by atoms with Crippen molar-refractivity contribution in [3.8, 4) is 5.75 Å². The van der Waals surface area contributed by atoms with E-state index in [9.17, 15) is 9.90 Å². The summed E-state index contributed by atoms with van der Waals surface area (Å²) in [6, 6.07) is 9.00. The Morgan fingerprint density at radius 3 is 2.68 bits per heavy atom.